The second-order valence-electron chi connectivity index (χ2n) is 5.84. The summed E-state index contributed by atoms with van der Waals surface area (Å²) in [6.45, 7) is 4.31. The molecule has 0 radical (unpaired) electrons. The Kier molecular flexibility index (Phi) is 5.13. The molecule has 0 aliphatic heterocycles. The Hall–Kier alpha value is -0.650. The first-order valence-corrected chi connectivity index (χ1v) is 6.57. The maximum atomic E-state index is 12.2. The van der Waals surface area contributed by atoms with Crippen LogP contribution in [0.1, 0.15) is 39.5 Å². The van der Waals surface area contributed by atoms with E-state index in [4.69, 9.17) is 10.5 Å². The Morgan fingerprint density at radius 3 is 2.83 bits per heavy atom. The van der Waals surface area contributed by atoms with Crippen molar-refractivity contribution >= 4 is 5.91 Å². The molecule has 1 aliphatic rings. The average molecular weight is 258 g/mol. The third kappa shape index (κ3) is 3.67. The highest BCUT2D eigenvalue weighted by atomic mass is 16.5. The quantitative estimate of drug-likeness (QED) is 0.644. The molecule has 18 heavy (non-hydrogen) atoms. The summed E-state index contributed by atoms with van der Waals surface area (Å²) in [7, 11) is 1.59. The van der Waals surface area contributed by atoms with Gasteiger partial charge in [0, 0.05) is 32.7 Å². The molecule has 5 heteroatoms. The Balaban J connectivity index is 2.45. The number of hydrogen-bond donors (Lipinski definition) is 3. The van der Waals surface area contributed by atoms with Crippen molar-refractivity contribution in [1.82, 2.24) is 5.32 Å². The van der Waals surface area contributed by atoms with Crippen LogP contribution in [0.15, 0.2) is 0 Å². The van der Waals surface area contributed by atoms with Gasteiger partial charge in [-0.15, -0.1) is 0 Å². The van der Waals surface area contributed by atoms with Gasteiger partial charge in [0.2, 0.25) is 5.91 Å². The van der Waals surface area contributed by atoms with Crippen molar-refractivity contribution in [2.24, 2.45) is 11.1 Å². The predicted octanol–water partition coefficient (Wildman–Crippen LogP) is 0.408. The fraction of sp³-hybridized carbons (Fsp3) is 0.923. The van der Waals surface area contributed by atoms with E-state index in [2.05, 4.69) is 5.32 Å². The summed E-state index contributed by atoms with van der Waals surface area (Å²) in [4.78, 5) is 12.2. The first kappa shape index (κ1) is 15.4. The van der Waals surface area contributed by atoms with Gasteiger partial charge in [-0.25, -0.2) is 0 Å². The zero-order chi connectivity index (χ0) is 13.8. The lowest BCUT2D eigenvalue weighted by Gasteiger charge is -2.30. The molecule has 0 aromatic carbocycles. The third-order valence-corrected chi connectivity index (χ3v) is 4.02. The van der Waals surface area contributed by atoms with E-state index in [1.807, 2.05) is 6.92 Å². The number of methoxy groups -OCH3 is 1. The standard InChI is InChI=1S/C13H26N2O3/c1-12(17,7-8-18-3)9-15-11(16)13(2)6-4-5-10(13)14/h10,17H,4-9,14H2,1-3H3,(H,15,16). The van der Waals surface area contributed by atoms with E-state index in [0.29, 0.717) is 13.0 Å². The van der Waals surface area contributed by atoms with Gasteiger partial charge in [-0.3, -0.25) is 4.79 Å². The summed E-state index contributed by atoms with van der Waals surface area (Å²) < 4.78 is 4.93. The SMILES string of the molecule is COCCC(C)(O)CNC(=O)C1(C)CCCC1N. The molecule has 0 heterocycles. The minimum atomic E-state index is -0.940. The Bertz CT molecular complexity index is 294. The summed E-state index contributed by atoms with van der Waals surface area (Å²) in [5.74, 6) is -0.0507. The lowest BCUT2D eigenvalue weighted by atomic mass is 9.84. The average Bonchev–Trinajstić information content (AvgIpc) is 2.65. The fourth-order valence-electron chi connectivity index (χ4n) is 2.36. The van der Waals surface area contributed by atoms with E-state index in [1.165, 1.54) is 0 Å². The fourth-order valence-corrected chi connectivity index (χ4v) is 2.36. The van der Waals surface area contributed by atoms with Crippen LogP contribution in [0.5, 0.6) is 0 Å². The maximum Gasteiger partial charge on any atom is 0.227 e. The topological polar surface area (TPSA) is 84.6 Å². The summed E-state index contributed by atoms with van der Waals surface area (Å²) in [6, 6.07) is -0.0820. The number of ether oxygens (including phenoxy) is 1. The number of rotatable bonds is 6. The number of nitrogens with one attached hydrogen (secondary N) is 1. The minimum absolute atomic E-state index is 0.0507. The van der Waals surface area contributed by atoms with E-state index in [0.717, 1.165) is 19.3 Å². The van der Waals surface area contributed by atoms with Gasteiger partial charge in [-0.2, -0.15) is 0 Å². The zero-order valence-electron chi connectivity index (χ0n) is 11.7. The molecule has 4 N–H and O–H groups in total. The number of carbonyl (C=O) groups excluding carboxylic acids is 1. The number of hydrogen-bond acceptors (Lipinski definition) is 4. The number of amides is 1. The summed E-state index contributed by atoms with van der Waals surface area (Å²) in [5, 5.41) is 12.9. The second-order valence-corrected chi connectivity index (χ2v) is 5.84. The van der Waals surface area contributed by atoms with Crippen LogP contribution in [0.3, 0.4) is 0 Å². The Morgan fingerprint density at radius 2 is 2.33 bits per heavy atom. The highest BCUT2D eigenvalue weighted by molar-refractivity contribution is 5.83. The Morgan fingerprint density at radius 1 is 1.67 bits per heavy atom. The van der Waals surface area contributed by atoms with Gasteiger partial charge in [0.1, 0.15) is 0 Å². The molecule has 3 unspecified atom stereocenters. The monoisotopic (exact) mass is 258 g/mol. The lowest BCUT2D eigenvalue weighted by Crippen LogP contribution is -2.51. The van der Waals surface area contributed by atoms with E-state index >= 15 is 0 Å². The molecule has 0 aromatic heterocycles. The third-order valence-electron chi connectivity index (χ3n) is 4.02. The van der Waals surface area contributed by atoms with Crippen LogP contribution >= 0.6 is 0 Å². The largest absolute Gasteiger partial charge is 0.388 e. The van der Waals surface area contributed by atoms with Crippen LogP contribution in [-0.2, 0) is 9.53 Å². The minimum Gasteiger partial charge on any atom is -0.388 e. The molecule has 0 spiro atoms. The molecule has 106 valence electrons. The molecule has 0 aromatic rings. The van der Waals surface area contributed by atoms with Gasteiger partial charge in [-0.1, -0.05) is 6.42 Å². The summed E-state index contributed by atoms with van der Waals surface area (Å²) >= 11 is 0. The Labute approximate surface area is 109 Å². The number of nitrogens with two attached hydrogens (primary N) is 1. The lowest BCUT2D eigenvalue weighted by molar-refractivity contribution is -0.131. The highest BCUT2D eigenvalue weighted by Gasteiger charge is 2.43. The van der Waals surface area contributed by atoms with Gasteiger partial charge < -0.3 is 20.9 Å². The van der Waals surface area contributed by atoms with Crippen molar-refractivity contribution in [1.29, 1.82) is 0 Å². The van der Waals surface area contributed by atoms with Crippen LogP contribution in [-0.4, -0.2) is 42.9 Å². The molecule has 0 bridgehead atoms. The normalized spacial score (nSPS) is 31.1. The van der Waals surface area contributed by atoms with Crippen molar-refractivity contribution in [3.8, 4) is 0 Å². The first-order chi connectivity index (χ1) is 8.32. The van der Waals surface area contributed by atoms with E-state index in [9.17, 15) is 9.90 Å². The molecular formula is C13H26N2O3. The zero-order valence-corrected chi connectivity index (χ0v) is 11.7. The van der Waals surface area contributed by atoms with E-state index in [-0.39, 0.29) is 18.5 Å². The van der Waals surface area contributed by atoms with Crippen LogP contribution in [0, 0.1) is 5.41 Å². The van der Waals surface area contributed by atoms with Crippen LogP contribution in [0.2, 0.25) is 0 Å². The molecule has 3 atom stereocenters. The molecule has 1 rings (SSSR count). The van der Waals surface area contributed by atoms with Gasteiger partial charge in [0.15, 0.2) is 0 Å². The van der Waals surface area contributed by atoms with Gasteiger partial charge in [0.25, 0.3) is 0 Å². The van der Waals surface area contributed by atoms with Crippen molar-refractivity contribution in [3.63, 3.8) is 0 Å². The second kappa shape index (κ2) is 5.99. The van der Waals surface area contributed by atoms with Crippen LogP contribution in [0.4, 0.5) is 0 Å². The highest BCUT2D eigenvalue weighted by Crippen LogP contribution is 2.36. The van der Waals surface area contributed by atoms with Crippen LogP contribution < -0.4 is 11.1 Å². The predicted molar refractivity (Wildman–Crippen MR) is 70.1 cm³/mol. The summed E-state index contributed by atoms with van der Waals surface area (Å²) in [6.07, 6.45) is 3.20. The first-order valence-electron chi connectivity index (χ1n) is 6.57. The molecular weight excluding hydrogens is 232 g/mol. The number of carbonyl (C=O) groups is 1. The van der Waals surface area contributed by atoms with Crippen molar-refractivity contribution in [2.75, 3.05) is 20.3 Å². The van der Waals surface area contributed by atoms with E-state index < -0.39 is 11.0 Å². The molecule has 1 amide bonds. The van der Waals surface area contributed by atoms with Crippen molar-refractivity contribution < 1.29 is 14.6 Å². The van der Waals surface area contributed by atoms with Gasteiger partial charge in [-0.05, 0) is 26.7 Å². The van der Waals surface area contributed by atoms with Gasteiger partial charge in [0.05, 0.1) is 11.0 Å². The molecule has 5 nitrogen and oxygen atoms in total. The maximum absolute atomic E-state index is 12.2. The molecule has 0 saturated heterocycles. The smallest absolute Gasteiger partial charge is 0.227 e. The summed E-state index contributed by atoms with van der Waals surface area (Å²) in [5.41, 5.74) is 4.56. The number of aliphatic hydroxyl groups is 1. The van der Waals surface area contributed by atoms with E-state index in [1.54, 1.807) is 14.0 Å². The van der Waals surface area contributed by atoms with Crippen molar-refractivity contribution in [2.45, 2.75) is 51.2 Å². The van der Waals surface area contributed by atoms with Crippen LogP contribution in [0.25, 0.3) is 0 Å². The molecule has 1 fully saturated rings. The molecule has 1 saturated carbocycles. The van der Waals surface area contributed by atoms with Crippen molar-refractivity contribution in [3.05, 3.63) is 0 Å². The van der Waals surface area contributed by atoms with Gasteiger partial charge >= 0.3 is 0 Å². The molecule has 1 aliphatic carbocycles.